The molecule has 162 valence electrons. The maximum Gasteiger partial charge on any atom is 0.348 e. The third-order valence-electron chi connectivity index (χ3n) is 5.64. The molecule has 0 fully saturated rings. The van der Waals surface area contributed by atoms with Gasteiger partial charge in [-0.25, -0.2) is 14.5 Å². The zero-order chi connectivity index (χ0) is 22.5. The molecular formula is C25H30N4O2. The second kappa shape index (κ2) is 7.45. The summed E-state index contributed by atoms with van der Waals surface area (Å²) in [6.45, 7) is 10.6. The Kier molecular flexibility index (Phi) is 5.04. The molecule has 31 heavy (non-hydrogen) atoms. The van der Waals surface area contributed by atoms with Crippen LogP contribution in [0.4, 0.5) is 0 Å². The van der Waals surface area contributed by atoms with Gasteiger partial charge >= 0.3 is 5.69 Å². The van der Waals surface area contributed by atoms with Gasteiger partial charge in [-0.1, -0.05) is 34.6 Å². The highest BCUT2D eigenvalue weighted by Gasteiger charge is 2.23. The zero-order valence-corrected chi connectivity index (χ0v) is 19.0. The summed E-state index contributed by atoms with van der Waals surface area (Å²) in [5, 5.41) is 18.7. The summed E-state index contributed by atoms with van der Waals surface area (Å²) in [6.07, 6.45) is 2.75. The van der Waals surface area contributed by atoms with Gasteiger partial charge in [0.05, 0.1) is 5.69 Å². The highest BCUT2D eigenvalue weighted by Crippen LogP contribution is 2.36. The minimum Gasteiger partial charge on any atom is -0.508 e. The number of H-pyrrole nitrogens is 1. The van der Waals surface area contributed by atoms with Crippen LogP contribution in [0, 0.1) is 5.41 Å². The molecule has 0 unspecified atom stereocenters. The van der Waals surface area contributed by atoms with Gasteiger partial charge in [0.15, 0.2) is 5.82 Å². The van der Waals surface area contributed by atoms with Gasteiger partial charge in [-0.2, -0.15) is 5.10 Å². The standard InChI is InChI=1S/C25H30N4O2/c1-15(2)19-13-20(17(12-22(19)30)14-25(3,4)5)23-26-27-24(31)29(23)18-7-8-21-16(11-18)9-10-28(21)6/h7-13,15,30H,14H2,1-6H3,(H,27,31). The number of aryl methyl sites for hydroxylation is 1. The molecule has 0 aliphatic heterocycles. The van der Waals surface area contributed by atoms with Crippen LogP contribution in [-0.2, 0) is 13.5 Å². The maximum atomic E-state index is 12.8. The molecule has 0 bridgehead atoms. The van der Waals surface area contributed by atoms with Gasteiger partial charge < -0.3 is 9.67 Å². The Morgan fingerprint density at radius 3 is 2.55 bits per heavy atom. The molecule has 2 heterocycles. The van der Waals surface area contributed by atoms with Crippen molar-refractivity contribution < 1.29 is 5.11 Å². The normalized spacial score (nSPS) is 12.2. The number of aromatic nitrogens is 4. The fourth-order valence-corrected chi connectivity index (χ4v) is 4.16. The number of phenolic OH excluding ortho intramolecular Hbond substituents is 1. The smallest absolute Gasteiger partial charge is 0.348 e. The number of nitrogens with zero attached hydrogens (tertiary/aromatic N) is 3. The molecule has 0 atom stereocenters. The van der Waals surface area contributed by atoms with E-state index < -0.39 is 0 Å². The van der Waals surface area contributed by atoms with Crippen LogP contribution < -0.4 is 5.69 Å². The van der Waals surface area contributed by atoms with Gasteiger partial charge in [0.25, 0.3) is 0 Å². The van der Waals surface area contributed by atoms with Crippen molar-refractivity contribution in [2.24, 2.45) is 12.5 Å². The van der Waals surface area contributed by atoms with Crippen molar-refractivity contribution in [1.82, 2.24) is 19.3 Å². The van der Waals surface area contributed by atoms with E-state index >= 15 is 0 Å². The molecule has 0 spiro atoms. The Morgan fingerprint density at radius 2 is 1.87 bits per heavy atom. The highest BCUT2D eigenvalue weighted by atomic mass is 16.3. The fraction of sp³-hybridized carbons (Fsp3) is 0.360. The van der Waals surface area contributed by atoms with Crippen LogP contribution in [0.1, 0.15) is 51.7 Å². The summed E-state index contributed by atoms with van der Waals surface area (Å²) in [7, 11) is 2.00. The van der Waals surface area contributed by atoms with Crippen molar-refractivity contribution >= 4 is 10.9 Å². The highest BCUT2D eigenvalue weighted by molar-refractivity contribution is 5.82. The van der Waals surface area contributed by atoms with E-state index in [1.165, 1.54) is 0 Å². The van der Waals surface area contributed by atoms with Crippen molar-refractivity contribution in [1.29, 1.82) is 0 Å². The Bertz CT molecular complexity index is 1320. The van der Waals surface area contributed by atoms with E-state index in [4.69, 9.17) is 0 Å². The largest absolute Gasteiger partial charge is 0.508 e. The number of fused-ring (bicyclic) bond motifs is 1. The summed E-state index contributed by atoms with van der Waals surface area (Å²) in [6, 6.07) is 11.8. The number of aromatic hydroxyl groups is 1. The molecule has 0 saturated carbocycles. The van der Waals surface area contributed by atoms with E-state index in [-0.39, 0.29) is 22.8 Å². The third-order valence-corrected chi connectivity index (χ3v) is 5.64. The van der Waals surface area contributed by atoms with Crippen LogP contribution in [0.25, 0.3) is 28.0 Å². The summed E-state index contributed by atoms with van der Waals surface area (Å²) >= 11 is 0. The number of hydrogen-bond donors (Lipinski definition) is 2. The first-order valence-corrected chi connectivity index (χ1v) is 10.6. The van der Waals surface area contributed by atoms with E-state index in [9.17, 15) is 9.90 Å². The molecule has 0 saturated heterocycles. The quantitative estimate of drug-likeness (QED) is 0.482. The van der Waals surface area contributed by atoms with Gasteiger partial charge in [0.2, 0.25) is 0 Å². The van der Waals surface area contributed by atoms with Crippen LogP contribution in [0.15, 0.2) is 47.4 Å². The lowest BCUT2D eigenvalue weighted by Gasteiger charge is -2.22. The third kappa shape index (κ3) is 3.90. The van der Waals surface area contributed by atoms with E-state index in [2.05, 4.69) is 35.5 Å². The van der Waals surface area contributed by atoms with Gasteiger partial charge in [0, 0.05) is 29.7 Å². The summed E-state index contributed by atoms with van der Waals surface area (Å²) in [5.41, 5.74) is 4.25. The van der Waals surface area contributed by atoms with Crippen LogP contribution in [0.3, 0.4) is 0 Å². The molecule has 6 heteroatoms. The van der Waals surface area contributed by atoms with Crippen LogP contribution in [0.5, 0.6) is 5.75 Å². The van der Waals surface area contributed by atoms with Crippen molar-refractivity contribution in [3.8, 4) is 22.8 Å². The molecule has 6 nitrogen and oxygen atoms in total. The van der Waals surface area contributed by atoms with Crippen molar-refractivity contribution in [2.45, 2.75) is 47.0 Å². The second-order valence-corrected chi connectivity index (χ2v) is 9.82. The van der Waals surface area contributed by atoms with Crippen molar-refractivity contribution in [3.05, 3.63) is 64.2 Å². The van der Waals surface area contributed by atoms with Crippen LogP contribution in [-0.4, -0.2) is 24.4 Å². The van der Waals surface area contributed by atoms with E-state index in [0.29, 0.717) is 5.82 Å². The zero-order valence-electron chi connectivity index (χ0n) is 19.0. The fourth-order valence-electron chi connectivity index (χ4n) is 4.16. The lowest BCUT2D eigenvalue weighted by Crippen LogP contribution is -2.17. The average Bonchev–Trinajstić information content (AvgIpc) is 3.23. The number of benzene rings is 2. The number of aromatic amines is 1. The van der Waals surface area contributed by atoms with Gasteiger partial charge in [0.1, 0.15) is 5.75 Å². The first-order chi connectivity index (χ1) is 14.5. The number of nitrogens with one attached hydrogen (secondary N) is 1. The molecular weight excluding hydrogens is 388 g/mol. The number of phenols is 1. The monoisotopic (exact) mass is 418 g/mol. The molecule has 0 amide bonds. The molecule has 4 rings (SSSR count). The molecule has 0 aliphatic carbocycles. The molecule has 0 radical (unpaired) electrons. The summed E-state index contributed by atoms with van der Waals surface area (Å²) in [5.74, 6) is 0.983. The predicted molar refractivity (Wildman–Crippen MR) is 125 cm³/mol. The first-order valence-electron chi connectivity index (χ1n) is 10.6. The van der Waals surface area contributed by atoms with Crippen LogP contribution >= 0.6 is 0 Å². The SMILES string of the molecule is CC(C)c1cc(-c2n[nH]c(=O)n2-c2ccc3c(ccn3C)c2)c(CC(C)(C)C)cc1O. The maximum absolute atomic E-state index is 12.8. The predicted octanol–water partition coefficient (Wildman–Crippen LogP) is 5.14. The van der Waals surface area contributed by atoms with Gasteiger partial charge in [-0.3, -0.25) is 0 Å². The Labute approximate surface area is 182 Å². The van der Waals surface area contributed by atoms with E-state index in [1.54, 1.807) is 4.57 Å². The molecule has 4 aromatic rings. The van der Waals surface area contributed by atoms with Gasteiger partial charge in [-0.15, -0.1) is 0 Å². The average molecular weight is 419 g/mol. The second-order valence-electron chi connectivity index (χ2n) is 9.82. The molecule has 2 aromatic heterocycles. The minimum atomic E-state index is -0.286. The number of hydrogen-bond acceptors (Lipinski definition) is 3. The summed E-state index contributed by atoms with van der Waals surface area (Å²) in [4.78, 5) is 12.8. The Morgan fingerprint density at radius 1 is 1.13 bits per heavy atom. The first kappa shape index (κ1) is 21.0. The van der Waals surface area contributed by atoms with Crippen molar-refractivity contribution in [2.75, 3.05) is 0 Å². The Balaban J connectivity index is 1.96. The summed E-state index contributed by atoms with van der Waals surface area (Å²) < 4.78 is 3.67. The van der Waals surface area contributed by atoms with E-state index in [0.717, 1.165) is 39.7 Å². The topological polar surface area (TPSA) is 75.8 Å². The Hall–Kier alpha value is -3.28. The van der Waals surface area contributed by atoms with E-state index in [1.807, 2.05) is 63.5 Å². The van der Waals surface area contributed by atoms with Gasteiger partial charge in [-0.05, 0) is 65.3 Å². The molecule has 2 N–H and O–H groups in total. The number of rotatable bonds is 4. The molecule has 2 aromatic carbocycles. The van der Waals surface area contributed by atoms with Crippen LogP contribution in [0.2, 0.25) is 0 Å². The lowest BCUT2D eigenvalue weighted by molar-refractivity contribution is 0.409. The lowest BCUT2D eigenvalue weighted by atomic mass is 9.84. The van der Waals surface area contributed by atoms with Crippen molar-refractivity contribution in [3.63, 3.8) is 0 Å². The minimum absolute atomic E-state index is 0.00488. The molecule has 0 aliphatic rings.